The number of aromatic amines is 1. The molecule has 33 heavy (non-hydrogen) atoms. The van der Waals surface area contributed by atoms with E-state index in [9.17, 15) is 9.59 Å². The van der Waals surface area contributed by atoms with Gasteiger partial charge in [0.05, 0.1) is 17.8 Å². The number of halogens is 1. The summed E-state index contributed by atoms with van der Waals surface area (Å²) in [6, 6.07) is 7.76. The average Bonchev–Trinajstić information content (AvgIpc) is 3.23. The van der Waals surface area contributed by atoms with E-state index in [0.29, 0.717) is 23.6 Å². The number of carbonyl (C=O) groups is 2. The lowest BCUT2D eigenvalue weighted by Gasteiger charge is -2.29. The van der Waals surface area contributed by atoms with E-state index in [0.717, 1.165) is 53.9 Å². The van der Waals surface area contributed by atoms with Crippen molar-refractivity contribution in [2.45, 2.75) is 45.6 Å². The number of nitrogens with zero attached hydrogens (tertiary/aromatic N) is 1. The number of nitrogens with one attached hydrogen (secondary N) is 2. The molecule has 7 heteroatoms. The molecule has 2 aromatic rings. The van der Waals surface area contributed by atoms with Crippen LogP contribution in [0.4, 0.5) is 5.69 Å². The minimum Gasteiger partial charge on any atom is -0.359 e. The quantitative estimate of drug-likeness (QED) is 0.462. The second-order valence-corrected chi connectivity index (χ2v) is 8.92. The summed E-state index contributed by atoms with van der Waals surface area (Å²) >= 11 is 0. The van der Waals surface area contributed by atoms with E-state index >= 15 is 0 Å². The summed E-state index contributed by atoms with van der Waals surface area (Å²) in [4.78, 5) is 31.3. The second kappa shape index (κ2) is 10.3. The summed E-state index contributed by atoms with van der Waals surface area (Å²) in [5, 5.41) is 2.70. The lowest BCUT2D eigenvalue weighted by Crippen LogP contribution is -2.36. The number of hydrogen-bond acceptors (Lipinski definition) is 3. The fraction of sp³-hybridized carbons (Fsp3) is 0.385. The van der Waals surface area contributed by atoms with Gasteiger partial charge < -0.3 is 20.9 Å². The monoisotopic (exact) mass is 466 g/mol. The Bertz CT molecular complexity index is 1120. The summed E-state index contributed by atoms with van der Waals surface area (Å²) in [5.41, 5.74) is 11.8. The number of fused-ring (bicyclic) bond motifs is 1. The van der Waals surface area contributed by atoms with E-state index < -0.39 is 0 Å². The van der Waals surface area contributed by atoms with Crippen LogP contribution in [0.2, 0.25) is 0 Å². The lowest BCUT2D eigenvalue weighted by molar-refractivity contribution is -0.113. The van der Waals surface area contributed by atoms with Gasteiger partial charge in [0, 0.05) is 35.1 Å². The molecule has 0 bridgehead atoms. The van der Waals surface area contributed by atoms with Crippen molar-refractivity contribution in [3.05, 3.63) is 52.3 Å². The van der Waals surface area contributed by atoms with Gasteiger partial charge in [-0.05, 0) is 81.4 Å². The molecule has 0 atom stereocenters. The van der Waals surface area contributed by atoms with Crippen LogP contribution >= 0.6 is 12.4 Å². The van der Waals surface area contributed by atoms with Gasteiger partial charge in [-0.15, -0.1) is 18.8 Å². The molecule has 1 fully saturated rings. The predicted molar refractivity (Wildman–Crippen MR) is 135 cm³/mol. The van der Waals surface area contributed by atoms with E-state index in [1.54, 1.807) is 12.1 Å². The van der Waals surface area contributed by atoms with Crippen LogP contribution < -0.4 is 16.0 Å². The van der Waals surface area contributed by atoms with Crippen molar-refractivity contribution < 1.29 is 9.59 Å². The minimum absolute atomic E-state index is 0. The number of aryl methyl sites for hydroxylation is 2. The number of hydrogen-bond donors (Lipinski definition) is 3. The third-order valence-electron chi connectivity index (χ3n) is 6.48. The SMILES string of the molecule is C#CCNC(=O)c1ccc2c(c1)/C(=C/c1[nH]c(C)cc1C)C(=O)N2CC1CCC(N)CC1.Cl. The first-order valence-electron chi connectivity index (χ1n) is 11.2. The van der Waals surface area contributed by atoms with E-state index in [1.807, 2.05) is 30.9 Å². The zero-order valence-electron chi connectivity index (χ0n) is 19.1. The van der Waals surface area contributed by atoms with Crippen molar-refractivity contribution in [3.8, 4) is 12.3 Å². The van der Waals surface area contributed by atoms with E-state index in [4.69, 9.17) is 12.2 Å². The molecule has 2 heterocycles. The summed E-state index contributed by atoms with van der Waals surface area (Å²) in [6.07, 6.45) is 11.2. The second-order valence-electron chi connectivity index (χ2n) is 8.92. The molecule has 1 aliphatic carbocycles. The Labute approximate surface area is 201 Å². The molecule has 4 N–H and O–H groups in total. The standard InChI is InChI=1S/C26H30N4O2.ClH/c1-4-11-28-25(31)19-7-10-24-21(13-19)22(14-23-16(2)12-17(3)29-23)26(32)30(24)15-18-5-8-20(27)9-6-18;/h1,7,10,12-14,18,20,29H,5-6,8-9,11,15,27H2,2-3H3,(H,28,31);1H/b22-14-;. The number of rotatable bonds is 5. The maximum absolute atomic E-state index is 13.6. The van der Waals surface area contributed by atoms with Gasteiger partial charge in [-0.25, -0.2) is 0 Å². The molecule has 0 saturated heterocycles. The smallest absolute Gasteiger partial charge is 0.259 e. The summed E-state index contributed by atoms with van der Waals surface area (Å²) < 4.78 is 0. The van der Waals surface area contributed by atoms with Crippen LogP contribution in [0.3, 0.4) is 0 Å². The molecule has 0 unspecified atom stereocenters. The number of anilines is 1. The van der Waals surface area contributed by atoms with Crippen LogP contribution in [0.25, 0.3) is 11.6 Å². The molecule has 1 aromatic carbocycles. The number of benzene rings is 1. The molecule has 1 saturated carbocycles. The number of nitrogens with two attached hydrogens (primary N) is 1. The number of H-pyrrole nitrogens is 1. The Balaban J connectivity index is 0.00000306. The zero-order chi connectivity index (χ0) is 22.8. The van der Waals surface area contributed by atoms with Gasteiger partial charge in [0.1, 0.15) is 0 Å². The van der Waals surface area contributed by atoms with Crippen molar-refractivity contribution in [2.24, 2.45) is 11.7 Å². The highest BCUT2D eigenvalue weighted by atomic mass is 35.5. The van der Waals surface area contributed by atoms with Gasteiger partial charge in [-0.2, -0.15) is 0 Å². The summed E-state index contributed by atoms with van der Waals surface area (Å²) in [5.74, 6) is 2.57. The van der Waals surface area contributed by atoms with Crippen molar-refractivity contribution in [1.29, 1.82) is 0 Å². The van der Waals surface area contributed by atoms with Gasteiger partial charge in [-0.1, -0.05) is 5.92 Å². The largest absolute Gasteiger partial charge is 0.359 e. The molecule has 6 nitrogen and oxygen atoms in total. The first-order chi connectivity index (χ1) is 15.4. The fourth-order valence-corrected chi connectivity index (χ4v) is 4.73. The first kappa shape index (κ1) is 24.6. The van der Waals surface area contributed by atoms with Crippen LogP contribution in [0.5, 0.6) is 0 Å². The maximum atomic E-state index is 13.6. The van der Waals surface area contributed by atoms with Crippen LogP contribution in [-0.4, -0.2) is 35.9 Å². The lowest BCUT2D eigenvalue weighted by atomic mass is 9.86. The van der Waals surface area contributed by atoms with Crippen molar-refractivity contribution in [1.82, 2.24) is 10.3 Å². The Morgan fingerprint density at radius 1 is 1.27 bits per heavy atom. The van der Waals surface area contributed by atoms with Crippen LogP contribution in [0.1, 0.15) is 58.6 Å². The van der Waals surface area contributed by atoms with Gasteiger partial charge in [-0.3, -0.25) is 9.59 Å². The third kappa shape index (κ3) is 5.16. The normalized spacial score (nSPS) is 20.8. The highest BCUT2D eigenvalue weighted by Crippen LogP contribution is 2.40. The van der Waals surface area contributed by atoms with Crippen LogP contribution in [0.15, 0.2) is 24.3 Å². The molecule has 0 spiro atoms. The molecule has 0 radical (unpaired) electrons. The van der Waals surface area contributed by atoms with Crippen molar-refractivity contribution in [2.75, 3.05) is 18.0 Å². The van der Waals surface area contributed by atoms with Gasteiger partial charge >= 0.3 is 0 Å². The van der Waals surface area contributed by atoms with Gasteiger partial charge in [0.25, 0.3) is 11.8 Å². The van der Waals surface area contributed by atoms with Crippen molar-refractivity contribution >= 4 is 41.6 Å². The fourth-order valence-electron chi connectivity index (χ4n) is 4.73. The van der Waals surface area contributed by atoms with E-state index in [-0.39, 0.29) is 36.8 Å². The summed E-state index contributed by atoms with van der Waals surface area (Å²) in [7, 11) is 0. The number of carbonyl (C=O) groups excluding carboxylic acids is 2. The Morgan fingerprint density at radius 3 is 2.64 bits per heavy atom. The Kier molecular flexibility index (Phi) is 7.68. The van der Waals surface area contributed by atoms with Gasteiger partial charge in [0.15, 0.2) is 0 Å². The number of amides is 2. The van der Waals surface area contributed by atoms with Crippen LogP contribution in [0, 0.1) is 32.1 Å². The van der Waals surface area contributed by atoms with E-state index in [2.05, 4.69) is 22.3 Å². The zero-order valence-corrected chi connectivity index (χ0v) is 19.9. The number of terminal acetylenes is 1. The van der Waals surface area contributed by atoms with Crippen LogP contribution in [-0.2, 0) is 4.79 Å². The topological polar surface area (TPSA) is 91.2 Å². The van der Waals surface area contributed by atoms with Crippen molar-refractivity contribution in [3.63, 3.8) is 0 Å². The highest BCUT2D eigenvalue weighted by Gasteiger charge is 2.35. The molecular formula is C26H31ClN4O2. The Hall–Kier alpha value is -3.01. The minimum atomic E-state index is -0.246. The molecule has 1 aliphatic heterocycles. The molecule has 2 aliphatic rings. The Morgan fingerprint density at radius 2 is 2.00 bits per heavy atom. The first-order valence-corrected chi connectivity index (χ1v) is 11.2. The number of aromatic nitrogens is 1. The molecule has 4 rings (SSSR count). The third-order valence-corrected chi connectivity index (χ3v) is 6.48. The summed E-state index contributed by atoms with van der Waals surface area (Å²) in [6.45, 7) is 4.84. The molecular weight excluding hydrogens is 436 g/mol. The van der Waals surface area contributed by atoms with Gasteiger partial charge in [0.2, 0.25) is 0 Å². The predicted octanol–water partition coefficient (Wildman–Crippen LogP) is 3.82. The average molecular weight is 467 g/mol. The van der Waals surface area contributed by atoms with E-state index in [1.165, 1.54) is 0 Å². The molecule has 1 aromatic heterocycles. The molecule has 174 valence electrons. The highest BCUT2D eigenvalue weighted by molar-refractivity contribution is 6.36. The molecule has 2 amide bonds. The maximum Gasteiger partial charge on any atom is 0.259 e.